The van der Waals surface area contributed by atoms with Crippen LogP contribution in [0.15, 0.2) is 35.8 Å². The van der Waals surface area contributed by atoms with Crippen molar-refractivity contribution in [1.82, 2.24) is 9.38 Å². The molecule has 0 N–H and O–H groups in total. The summed E-state index contributed by atoms with van der Waals surface area (Å²) in [5.74, 6) is 0.780. The van der Waals surface area contributed by atoms with Crippen LogP contribution in [0.4, 0.5) is 0 Å². The van der Waals surface area contributed by atoms with Crippen LogP contribution in [0.2, 0.25) is 0 Å². The highest BCUT2D eigenvalue weighted by atomic mass is 32.1. The number of carbonyl (C=O) groups excluding carboxylic acids is 1. The number of aldehydes is 1. The largest absolute Gasteiger partial charge is 0.496 e. The van der Waals surface area contributed by atoms with Crippen LogP contribution in [-0.2, 0) is 0 Å². The maximum Gasteiger partial charge on any atom is 0.194 e. The van der Waals surface area contributed by atoms with Crippen molar-refractivity contribution >= 4 is 22.6 Å². The van der Waals surface area contributed by atoms with Gasteiger partial charge >= 0.3 is 0 Å². The molecule has 0 spiro atoms. The molecular weight excluding hydrogens is 248 g/mol. The van der Waals surface area contributed by atoms with Gasteiger partial charge in [-0.1, -0.05) is 12.1 Å². The predicted octanol–water partition coefficient (Wildman–Crippen LogP) is 2.88. The first-order valence-electron chi connectivity index (χ1n) is 5.38. The molecule has 0 aliphatic carbocycles. The minimum absolute atomic E-state index is 0.548. The van der Waals surface area contributed by atoms with Crippen LogP contribution < -0.4 is 4.74 Å². The van der Waals surface area contributed by atoms with E-state index in [2.05, 4.69) is 4.98 Å². The van der Waals surface area contributed by atoms with Gasteiger partial charge in [0.25, 0.3) is 0 Å². The summed E-state index contributed by atoms with van der Waals surface area (Å²) >= 11 is 1.50. The van der Waals surface area contributed by atoms with Crippen LogP contribution >= 0.6 is 11.3 Å². The van der Waals surface area contributed by atoms with Crippen LogP contribution in [0.5, 0.6) is 5.75 Å². The number of fused-ring (bicyclic) bond motifs is 1. The molecule has 4 nitrogen and oxygen atoms in total. The van der Waals surface area contributed by atoms with E-state index in [-0.39, 0.29) is 0 Å². The van der Waals surface area contributed by atoms with Crippen molar-refractivity contribution in [3.05, 3.63) is 41.5 Å². The number of carbonyl (C=O) groups is 1. The monoisotopic (exact) mass is 258 g/mol. The molecule has 0 atom stereocenters. The number of nitrogens with zero attached hydrogens (tertiary/aromatic N) is 2. The number of benzene rings is 1. The second-order valence-corrected chi connectivity index (χ2v) is 4.58. The number of hydrogen-bond donors (Lipinski definition) is 0. The molecule has 0 unspecified atom stereocenters. The van der Waals surface area contributed by atoms with E-state index in [1.807, 2.05) is 34.0 Å². The Kier molecular flexibility index (Phi) is 2.60. The van der Waals surface area contributed by atoms with Gasteiger partial charge in [-0.2, -0.15) is 0 Å². The number of aromatic nitrogens is 2. The fraction of sp³-hybridized carbons (Fsp3) is 0.0769. The fourth-order valence-electron chi connectivity index (χ4n) is 1.96. The minimum atomic E-state index is 0.548. The van der Waals surface area contributed by atoms with Crippen molar-refractivity contribution in [2.45, 2.75) is 0 Å². The molecule has 0 amide bonds. The molecule has 2 heterocycles. The quantitative estimate of drug-likeness (QED) is 0.678. The van der Waals surface area contributed by atoms with E-state index in [1.165, 1.54) is 11.3 Å². The molecule has 0 saturated carbocycles. The van der Waals surface area contributed by atoms with Crippen LogP contribution in [0, 0.1) is 0 Å². The van der Waals surface area contributed by atoms with Crippen molar-refractivity contribution in [2.75, 3.05) is 7.11 Å². The molecule has 0 saturated heterocycles. The SMILES string of the molecule is COc1ccccc1-c1csc2ncc(C=O)n12. The van der Waals surface area contributed by atoms with Crippen molar-refractivity contribution in [3.8, 4) is 17.0 Å². The molecule has 3 aromatic rings. The Bertz CT molecular complexity index is 715. The summed E-state index contributed by atoms with van der Waals surface area (Å²) in [4.78, 5) is 16.0. The number of imidazole rings is 1. The van der Waals surface area contributed by atoms with Gasteiger partial charge in [0.15, 0.2) is 11.2 Å². The Morgan fingerprint density at radius 2 is 2.22 bits per heavy atom. The van der Waals surface area contributed by atoms with E-state index in [0.29, 0.717) is 5.69 Å². The molecule has 18 heavy (non-hydrogen) atoms. The molecule has 0 aliphatic rings. The average Bonchev–Trinajstić information content (AvgIpc) is 2.99. The number of methoxy groups -OCH3 is 1. The summed E-state index contributed by atoms with van der Waals surface area (Å²) in [5, 5.41) is 1.98. The normalized spacial score (nSPS) is 10.7. The highest BCUT2D eigenvalue weighted by molar-refractivity contribution is 7.15. The predicted molar refractivity (Wildman–Crippen MR) is 70.4 cm³/mol. The topological polar surface area (TPSA) is 43.6 Å². The fourth-order valence-corrected chi connectivity index (χ4v) is 2.83. The zero-order chi connectivity index (χ0) is 12.5. The first kappa shape index (κ1) is 11.0. The van der Waals surface area contributed by atoms with Gasteiger partial charge in [-0.05, 0) is 12.1 Å². The van der Waals surface area contributed by atoms with Crippen molar-refractivity contribution in [2.24, 2.45) is 0 Å². The summed E-state index contributed by atoms with van der Waals surface area (Å²) in [6.45, 7) is 0. The smallest absolute Gasteiger partial charge is 0.194 e. The maximum absolute atomic E-state index is 11.0. The third-order valence-electron chi connectivity index (χ3n) is 2.78. The first-order valence-corrected chi connectivity index (χ1v) is 6.26. The van der Waals surface area contributed by atoms with E-state index in [0.717, 1.165) is 28.3 Å². The molecule has 0 aliphatic heterocycles. The van der Waals surface area contributed by atoms with Gasteiger partial charge in [-0.3, -0.25) is 9.20 Å². The lowest BCUT2D eigenvalue weighted by Gasteiger charge is -2.07. The van der Waals surface area contributed by atoms with E-state index >= 15 is 0 Å². The summed E-state index contributed by atoms with van der Waals surface area (Å²) in [6.07, 6.45) is 2.39. The third kappa shape index (κ3) is 1.52. The maximum atomic E-state index is 11.0. The Morgan fingerprint density at radius 1 is 1.39 bits per heavy atom. The molecule has 90 valence electrons. The average molecular weight is 258 g/mol. The van der Waals surface area contributed by atoms with E-state index in [9.17, 15) is 4.79 Å². The third-order valence-corrected chi connectivity index (χ3v) is 3.62. The Hall–Kier alpha value is -2.14. The zero-order valence-electron chi connectivity index (χ0n) is 9.66. The minimum Gasteiger partial charge on any atom is -0.496 e. The Balaban J connectivity index is 2.31. The summed E-state index contributed by atoms with van der Waals surface area (Å²) in [6, 6.07) is 7.73. The second kappa shape index (κ2) is 4.27. The van der Waals surface area contributed by atoms with Crippen LogP contribution in [-0.4, -0.2) is 22.8 Å². The van der Waals surface area contributed by atoms with E-state index in [1.54, 1.807) is 13.3 Å². The first-order chi connectivity index (χ1) is 8.85. The van der Waals surface area contributed by atoms with E-state index in [4.69, 9.17) is 4.74 Å². The van der Waals surface area contributed by atoms with Gasteiger partial charge in [0.05, 0.1) is 19.0 Å². The lowest BCUT2D eigenvalue weighted by molar-refractivity contribution is 0.111. The van der Waals surface area contributed by atoms with Crippen LogP contribution in [0.3, 0.4) is 0 Å². The van der Waals surface area contributed by atoms with Gasteiger partial charge in [0.2, 0.25) is 0 Å². The molecule has 0 fully saturated rings. The van der Waals surface area contributed by atoms with Gasteiger partial charge in [0, 0.05) is 10.9 Å². The van der Waals surface area contributed by atoms with Gasteiger partial charge < -0.3 is 4.74 Å². The number of ether oxygens (including phenoxy) is 1. The van der Waals surface area contributed by atoms with Gasteiger partial charge in [-0.25, -0.2) is 4.98 Å². The van der Waals surface area contributed by atoms with Crippen molar-refractivity contribution < 1.29 is 9.53 Å². The summed E-state index contributed by atoms with van der Waals surface area (Å²) in [7, 11) is 1.64. The summed E-state index contributed by atoms with van der Waals surface area (Å²) < 4.78 is 7.19. The Labute approximate surface area is 107 Å². The van der Waals surface area contributed by atoms with Gasteiger partial charge in [-0.15, -0.1) is 11.3 Å². The van der Waals surface area contributed by atoms with E-state index < -0.39 is 0 Å². The van der Waals surface area contributed by atoms with Gasteiger partial charge in [0.1, 0.15) is 11.4 Å². The summed E-state index contributed by atoms with van der Waals surface area (Å²) in [5.41, 5.74) is 2.42. The van der Waals surface area contributed by atoms with Crippen molar-refractivity contribution in [1.29, 1.82) is 0 Å². The molecule has 2 aromatic heterocycles. The number of thiazole rings is 1. The molecule has 3 rings (SSSR count). The van der Waals surface area contributed by atoms with Crippen LogP contribution in [0.25, 0.3) is 16.2 Å². The zero-order valence-corrected chi connectivity index (χ0v) is 10.5. The lowest BCUT2D eigenvalue weighted by atomic mass is 10.1. The van der Waals surface area contributed by atoms with Crippen LogP contribution in [0.1, 0.15) is 10.5 Å². The number of rotatable bonds is 3. The van der Waals surface area contributed by atoms with Crippen molar-refractivity contribution in [3.63, 3.8) is 0 Å². The molecule has 0 radical (unpaired) electrons. The molecule has 1 aromatic carbocycles. The highest BCUT2D eigenvalue weighted by Crippen LogP contribution is 2.33. The number of hydrogen-bond acceptors (Lipinski definition) is 4. The Morgan fingerprint density at radius 3 is 3.00 bits per heavy atom. The highest BCUT2D eigenvalue weighted by Gasteiger charge is 2.14. The molecular formula is C13H10N2O2S. The molecule has 0 bridgehead atoms. The standard InChI is InChI=1S/C13H10N2O2S/c1-17-12-5-3-2-4-10(12)11-8-18-13-14-6-9(7-16)15(11)13/h2-8H,1H3. The molecule has 5 heteroatoms. The second-order valence-electron chi connectivity index (χ2n) is 3.74. The number of para-hydroxylation sites is 1. The lowest BCUT2D eigenvalue weighted by Crippen LogP contribution is -1.94.